The molecule has 12 unspecified atom stereocenters. The number of nitrogens with one attached hydrogen (secondary N) is 1. The van der Waals surface area contributed by atoms with Crippen LogP contribution in [0.4, 0.5) is 0 Å². The van der Waals surface area contributed by atoms with Crippen LogP contribution >= 0.6 is 0 Å². The van der Waals surface area contributed by atoms with Crippen LogP contribution in [-0.4, -0.2) is 140 Å². The van der Waals surface area contributed by atoms with Crippen molar-refractivity contribution in [3.05, 3.63) is 146 Å². The van der Waals surface area contributed by atoms with E-state index in [0.29, 0.717) is 12.8 Å². The number of aliphatic hydroxyl groups excluding tert-OH is 8. The summed E-state index contributed by atoms with van der Waals surface area (Å²) in [6, 6.07) is -0.852. The van der Waals surface area contributed by atoms with E-state index >= 15 is 0 Å². The quantitative estimate of drug-likeness (QED) is 0.0204. The summed E-state index contributed by atoms with van der Waals surface area (Å²) < 4.78 is 22.8. The summed E-state index contributed by atoms with van der Waals surface area (Å²) in [7, 11) is 0. The lowest BCUT2D eigenvalue weighted by atomic mass is 9.97. The molecule has 9 N–H and O–H groups in total. The van der Waals surface area contributed by atoms with Crippen LogP contribution < -0.4 is 5.32 Å². The van der Waals surface area contributed by atoms with Gasteiger partial charge in [0, 0.05) is 6.42 Å². The van der Waals surface area contributed by atoms with Gasteiger partial charge in [0.1, 0.15) is 48.8 Å². The highest BCUT2D eigenvalue weighted by molar-refractivity contribution is 5.76. The van der Waals surface area contributed by atoms with Gasteiger partial charge in [0.2, 0.25) is 5.91 Å². The SMILES string of the molecule is CC/C=C\C/C=C\C/C=C\C/C=C\C/C=C\C/C=C\C/C=C\C/C=C\C/C=C\C/C=C\C/C=C\C/C=C\CCCCCCC(=O)NC(COC1OC(CO)C(OC2OC(CO)C(O)C(O)C2O)C(O)C1O)C(O)CCCCCCCCCCCCCC. The summed E-state index contributed by atoms with van der Waals surface area (Å²) in [6.45, 7) is 2.70. The number of amides is 1. The number of carbonyl (C=O) groups is 1. The summed E-state index contributed by atoms with van der Waals surface area (Å²) >= 11 is 0. The molecule has 0 spiro atoms. The molecule has 2 aliphatic rings. The van der Waals surface area contributed by atoms with Crippen LogP contribution in [0.3, 0.4) is 0 Å². The van der Waals surface area contributed by atoms with Crippen LogP contribution in [-0.2, 0) is 23.7 Å². The minimum absolute atomic E-state index is 0.238. The number of aliphatic hydroxyl groups is 8. The van der Waals surface area contributed by atoms with Gasteiger partial charge < -0.3 is 65.1 Å². The lowest BCUT2D eigenvalue weighted by Gasteiger charge is -2.46. The molecule has 87 heavy (non-hydrogen) atoms. The maximum Gasteiger partial charge on any atom is 0.220 e. The fourth-order valence-electron chi connectivity index (χ4n) is 9.98. The Morgan fingerprint density at radius 2 is 0.793 bits per heavy atom. The topological polar surface area (TPSA) is 228 Å². The second-order valence-corrected chi connectivity index (χ2v) is 22.9. The Hall–Kier alpha value is -4.13. The normalized spacial score (nSPS) is 24.3. The average molecular weight is 1220 g/mol. The van der Waals surface area contributed by atoms with E-state index in [1.807, 2.05) is 0 Å². The molecule has 2 rings (SSSR count). The number of carbonyl (C=O) groups excluding carboxylic acids is 1. The van der Waals surface area contributed by atoms with E-state index in [9.17, 15) is 45.6 Å². The molecule has 14 nitrogen and oxygen atoms in total. The number of rotatable bonds is 52. The van der Waals surface area contributed by atoms with Gasteiger partial charge in [-0.3, -0.25) is 4.79 Å². The Morgan fingerprint density at radius 3 is 1.22 bits per heavy atom. The fraction of sp³-hybridized carbons (Fsp3) is 0.658. The summed E-state index contributed by atoms with van der Waals surface area (Å²) in [5.41, 5.74) is 0. The molecule has 0 aromatic heterocycles. The van der Waals surface area contributed by atoms with Crippen LogP contribution in [0.5, 0.6) is 0 Å². The van der Waals surface area contributed by atoms with Gasteiger partial charge >= 0.3 is 0 Å². The Bertz CT molecular complexity index is 2020. The molecule has 2 fully saturated rings. The molecule has 12 atom stereocenters. The largest absolute Gasteiger partial charge is 0.394 e. The van der Waals surface area contributed by atoms with Gasteiger partial charge in [-0.2, -0.15) is 0 Å². The third-order valence-electron chi connectivity index (χ3n) is 15.3. The van der Waals surface area contributed by atoms with E-state index in [2.05, 4.69) is 165 Å². The highest BCUT2D eigenvalue weighted by Gasteiger charge is 2.51. The molecule has 0 aromatic carbocycles. The molecule has 0 aliphatic carbocycles. The van der Waals surface area contributed by atoms with Crippen LogP contribution in [0.25, 0.3) is 0 Å². The maximum atomic E-state index is 13.3. The highest BCUT2D eigenvalue weighted by Crippen LogP contribution is 2.30. The Labute approximate surface area is 525 Å². The zero-order chi connectivity index (χ0) is 63.1. The van der Waals surface area contributed by atoms with Crippen molar-refractivity contribution in [2.45, 2.75) is 286 Å². The van der Waals surface area contributed by atoms with E-state index in [0.717, 1.165) is 128 Å². The van der Waals surface area contributed by atoms with Gasteiger partial charge in [-0.25, -0.2) is 0 Å². The Morgan fingerprint density at radius 1 is 0.425 bits per heavy atom. The third kappa shape index (κ3) is 40.3. The van der Waals surface area contributed by atoms with E-state index in [1.54, 1.807) is 0 Å². The van der Waals surface area contributed by atoms with E-state index in [4.69, 9.17) is 18.9 Å². The smallest absolute Gasteiger partial charge is 0.220 e. The van der Waals surface area contributed by atoms with Gasteiger partial charge in [0.15, 0.2) is 12.6 Å². The van der Waals surface area contributed by atoms with Crippen LogP contribution in [0.2, 0.25) is 0 Å². The second kappa shape index (κ2) is 55.9. The summed E-state index contributed by atoms with van der Waals surface area (Å²) in [4.78, 5) is 13.3. The van der Waals surface area contributed by atoms with Crippen LogP contribution in [0.15, 0.2) is 146 Å². The zero-order valence-corrected chi connectivity index (χ0v) is 53.4. The Kier molecular flexibility index (Phi) is 50.7. The molecule has 1 amide bonds. The van der Waals surface area contributed by atoms with Crippen molar-refractivity contribution in [1.82, 2.24) is 5.32 Å². The van der Waals surface area contributed by atoms with Crippen LogP contribution in [0.1, 0.15) is 213 Å². The molecule has 494 valence electrons. The lowest BCUT2D eigenvalue weighted by Crippen LogP contribution is -2.65. The predicted molar refractivity (Wildman–Crippen MR) is 354 cm³/mol. The van der Waals surface area contributed by atoms with Crippen LogP contribution in [0, 0.1) is 0 Å². The fourth-order valence-corrected chi connectivity index (χ4v) is 9.98. The van der Waals surface area contributed by atoms with Gasteiger partial charge in [-0.15, -0.1) is 0 Å². The number of ether oxygens (including phenoxy) is 4. The first-order valence-corrected chi connectivity index (χ1v) is 33.6. The van der Waals surface area contributed by atoms with Crippen molar-refractivity contribution >= 4 is 5.91 Å². The molecular formula is C73H119NO13. The standard InChI is InChI=1S/C73H119NO13/c1-3-5-7-9-11-13-15-17-18-19-20-21-22-23-24-25-26-27-28-29-30-31-32-33-34-35-36-37-38-39-40-41-42-43-44-45-47-49-51-53-55-57-65(78)74-61(62(77)56-54-52-50-48-46-16-14-12-10-8-6-4-2)60-84-72-70(83)68(81)71(64(59-76)86-72)87-73-69(82)67(80)66(79)63(58-75)85-73/h5,7,11,13,17-18,20-21,23-24,26-27,29-30,32-33,35-36,38-39,41-42,44-45,61-64,66-73,75-77,79-83H,3-4,6,8-10,12,14-16,19,22,25,28,31,34,37,40,43,46-60H2,1-2H3,(H,74,78)/b7-5-,13-11-,18-17-,21-20-,24-23-,27-26-,30-29-,33-32-,36-35-,39-38-,42-41-,45-44-. The molecule has 2 aliphatic heterocycles. The van der Waals surface area contributed by atoms with E-state index in [-0.39, 0.29) is 18.9 Å². The molecule has 0 aromatic rings. The summed E-state index contributed by atoms with van der Waals surface area (Å²) in [5, 5.41) is 87.2. The van der Waals surface area contributed by atoms with Crippen molar-refractivity contribution in [3.63, 3.8) is 0 Å². The summed E-state index contributed by atoms with van der Waals surface area (Å²) in [5.74, 6) is -0.238. The zero-order valence-electron chi connectivity index (χ0n) is 53.4. The second-order valence-electron chi connectivity index (χ2n) is 22.9. The molecular weight excluding hydrogens is 1100 g/mol. The molecule has 14 heteroatoms. The van der Waals surface area contributed by atoms with Crippen molar-refractivity contribution in [3.8, 4) is 0 Å². The Balaban J connectivity index is 1.63. The number of allylic oxidation sites excluding steroid dienone is 24. The third-order valence-corrected chi connectivity index (χ3v) is 15.3. The predicted octanol–water partition coefficient (Wildman–Crippen LogP) is 13.3. The summed E-state index contributed by atoms with van der Waals surface area (Å²) in [6.07, 6.45) is 67.2. The molecule has 2 saturated heterocycles. The number of hydrogen-bond donors (Lipinski definition) is 9. The van der Waals surface area contributed by atoms with Gasteiger partial charge in [0.25, 0.3) is 0 Å². The van der Waals surface area contributed by atoms with E-state index < -0.39 is 86.8 Å². The first-order chi connectivity index (χ1) is 42.6. The van der Waals surface area contributed by atoms with Crippen molar-refractivity contribution in [2.24, 2.45) is 0 Å². The molecule has 0 bridgehead atoms. The van der Waals surface area contributed by atoms with Gasteiger partial charge in [-0.05, 0) is 103 Å². The number of unbranched alkanes of at least 4 members (excludes halogenated alkanes) is 15. The first-order valence-electron chi connectivity index (χ1n) is 33.6. The minimum Gasteiger partial charge on any atom is -0.394 e. The average Bonchev–Trinajstić information content (AvgIpc) is 2.31. The van der Waals surface area contributed by atoms with Crippen molar-refractivity contribution < 1.29 is 64.6 Å². The van der Waals surface area contributed by atoms with Gasteiger partial charge in [-0.1, -0.05) is 250 Å². The molecule has 0 radical (unpaired) electrons. The van der Waals surface area contributed by atoms with Crippen molar-refractivity contribution in [2.75, 3.05) is 19.8 Å². The lowest BCUT2D eigenvalue weighted by molar-refractivity contribution is -0.359. The van der Waals surface area contributed by atoms with Crippen molar-refractivity contribution in [1.29, 1.82) is 0 Å². The molecule has 2 heterocycles. The van der Waals surface area contributed by atoms with E-state index in [1.165, 1.54) is 51.4 Å². The minimum atomic E-state index is -1.79. The highest BCUT2D eigenvalue weighted by atomic mass is 16.7. The molecule has 0 saturated carbocycles. The number of hydrogen-bond acceptors (Lipinski definition) is 13. The maximum absolute atomic E-state index is 13.3. The van der Waals surface area contributed by atoms with Gasteiger partial charge in [0.05, 0.1) is 32.0 Å². The monoisotopic (exact) mass is 1220 g/mol. The first kappa shape index (κ1) is 79.0.